The molecule has 2 aromatic heterocycles. The van der Waals surface area contributed by atoms with E-state index in [0.29, 0.717) is 12.0 Å². The molecule has 0 bridgehead atoms. The standard InChI is InChI=1S/C14H15N3O4/c1-2-11(12(15)18)17-6-3-4-10(14(17)20)16-13(19)9-5-7-21-8-9/h3-8,11H,2H2,1H3,(H2,15,18)(H,16,19). The summed E-state index contributed by atoms with van der Waals surface area (Å²) in [7, 11) is 0. The molecular weight excluding hydrogens is 274 g/mol. The van der Waals surface area contributed by atoms with Gasteiger partial charge in [0.1, 0.15) is 18.0 Å². The van der Waals surface area contributed by atoms with E-state index < -0.39 is 23.4 Å². The van der Waals surface area contributed by atoms with Gasteiger partial charge in [-0.05, 0) is 24.6 Å². The number of nitrogens with two attached hydrogens (primary N) is 1. The summed E-state index contributed by atoms with van der Waals surface area (Å²) in [6, 6.07) is 3.76. The van der Waals surface area contributed by atoms with Crippen molar-refractivity contribution in [1.29, 1.82) is 0 Å². The van der Waals surface area contributed by atoms with Crippen molar-refractivity contribution >= 4 is 17.5 Å². The number of aromatic nitrogens is 1. The van der Waals surface area contributed by atoms with Crippen molar-refractivity contribution < 1.29 is 14.0 Å². The van der Waals surface area contributed by atoms with E-state index in [0.717, 1.165) is 0 Å². The van der Waals surface area contributed by atoms with Gasteiger partial charge in [-0.2, -0.15) is 0 Å². The van der Waals surface area contributed by atoms with Crippen LogP contribution in [0.25, 0.3) is 0 Å². The molecule has 0 aromatic carbocycles. The number of carbonyl (C=O) groups excluding carboxylic acids is 2. The van der Waals surface area contributed by atoms with Crippen molar-refractivity contribution in [3.8, 4) is 0 Å². The summed E-state index contributed by atoms with van der Waals surface area (Å²) in [6.07, 6.45) is 4.48. The molecule has 2 amide bonds. The molecule has 0 aliphatic heterocycles. The van der Waals surface area contributed by atoms with Crippen molar-refractivity contribution in [3.63, 3.8) is 0 Å². The molecule has 21 heavy (non-hydrogen) atoms. The summed E-state index contributed by atoms with van der Waals surface area (Å²) in [6.45, 7) is 1.75. The molecule has 3 N–H and O–H groups in total. The van der Waals surface area contributed by atoms with Gasteiger partial charge in [-0.15, -0.1) is 0 Å². The van der Waals surface area contributed by atoms with E-state index in [2.05, 4.69) is 5.32 Å². The number of furan rings is 1. The summed E-state index contributed by atoms with van der Waals surface area (Å²) in [5.41, 5.74) is 5.16. The molecule has 7 nitrogen and oxygen atoms in total. The molecule has 1 atom stereocenters. The third-order valence-electron chi connectivity index (χ3n) is 3.06. The van der Waals surface area contributed by atoms with E-state index in [1.807, 2.05) is 0 Å². The van der Waals surface area contributed by atoms with Crippen molar-refractivity contribution in [2.24, 2.45) is 5.73 Å². The van der Waals surface area contributed by atoms with Gasteiger partial charge < -0.3 is 20.0 Å². The number of primary amides is 1. The summed E-state index contributed by atoms with van der Waals surface area (Å²) in [5.74, 6) is -1.07. The maximum atomic E-state index is 12.3. The van der Waals surface area contributed by atoms with Gasteiger partial charge in [0.2, 0.25) is 5.91 Å². The summed E-state index contributed by atoms with van der Waals surface area (Å²) >= 11 is 0. The van der Waals surface area contributed by atoms with Gasteiger partial charge in [-0.3, -0.25) is 14.4 Å². The van der Waals surface area contributed by atoms with Crippen LogP contribution in [0.1, 0.15) is 29.7 Å². The fraction of sp³-hybridized carbons (Fsp3) is 0.214. The van der Waals surface area contributed by atoms with Crippen LogP contribution in [0.4, 0.5) is 5.69 Å². The van der Waals surface area contributed by atoms with Crippen molar-refractivity contribution in [2.45, 2.75) is 19.4 Å². The number of carbonyl (C=O) groups is 2. The number of hydrogen-bond donors (Lipinski definition) is 2. The number of pyridine rings is 1. The zero-order valence-electron chi connectivity index (χ0n) is 11.4. The Morgan fingerprint density at radius 3 is 2.76 bits per heavy atom. The van der Waals surface area contributed by atoms with Gasteiger partial charge in [0.25, 0.3) is 11.5 Å². The molecule has 0 aliphatic carbocycles. The van der Waals surface area contributed by atoms with Crippen LogP contribution in [0, 0.1) is 0 Å². The SMILES string of the molecule is CCC(C(N)=O)n1cccc(NC(=O)c2ccoc2)c1=O. The largest absolute Gasteiger partial charge is 0.472 e. The quantitative estimate of drug-likeness (QED) is 0.860. The smallest absolute Gasteiger partial charge is 0.275 e. The molecule has 2 heterocycles. The van der Waals surface area contributed by atoms with Crippen LogP contribution >= 0.6 is 0 Å². The zero-order chi connectivity index (χ0) is 15.4. The molecule has 110 valence electrons. The fourth-order valence-electron chi connectivity index (χ4n) is 1.97. The second-order valence-electron chi connectivity index (χ2n) is 4.43. The second-order valence-corrected chi connectivity index (χ2v) is 4.43. The summed E-state index contributed by atoms with van der Waals surface area (Å²) in [5, 5.41) is 2.49. The van der Waals surface area contributed by atoms with Gasteiger partial charge in [0.05, 0.1) is 11.8 Å². The lowest BCUT2D eigenvalue weighted by Gasteiger charge is -2.15. The molecule has 0 spiro atoms. The first-order chi connectivity index (χ1) is 10.0. The molecule has 0 saturated heterocycles. The second kappa shape index (κ2) is 6.08. The lowest BCUT2D eigenvalue weighted by atomic mass is 10.2. The van der Waals surface area contributed by atoms with Crippen LogP contribution in [-0.2, 0) is 4.79 Å². The zero-order valence-corrected chi connectivity index (χ0v) is 11.4. The highest BCUT2D eigenvalue weighted by atomic mass is 16.3. The Morgan fingerprint density at radius 1 is 1.43 bits per heavy atom. The molecular formula is C14H15N3O4. The Kier molecular flexibility index (Phi) is 4.22. The normalized spacial score (nSPS) is 11.9. The number of nitrogens with one attached hydrogen (secondary N) is 1. The highest BCUT2D eigenvalue weighted by Crippen LogP contribution is 2.11. The molecule has 0 radical (unpaired) electrons. The van der Waals surface area contributed by atoms with Gasteiger partial charge in [-0.1, -0.05) is 6.92 Å². The maximum absolute atomic E-state index is 12.3. The minimum atomic E-state index is -0.747. The lowest BCUT2D eigenvalue weighted by Crippen LogP contribution is -2.34. The number of nitrogens with zero attached hydrogens (tertiary/aromatic N) is 1. The van der Waals surface area contributed by atoms with Crippen molar-refractivity contribution in [2.75, 3.05) is 5.32 Å². The van der Waals surface area contributed by atoms with Crippen molar-refractivity contribution in [1.82, 2.24) is 4.57 Å². The molecule has 0 aliphatic rings. The minimum absolute atomic E-state index is 0.0726. The van der Waals surface area contributed by atoms with E-state index in [1.165, 1.54) is 35.4 Å². The Bertz CT molecular complexity index is 703. The Balaban J connectivity index is 2.32. The molecule has 7 heteroatoms. The van der Waals surface area contributed by atoms with Gasteiger partial charge in [0.15, 0.2) is 0 Å². The minimum Gasteiger partial charge on any atom is -0.472 e. The van der Waals surface area contributed by atoms with E-state index in [9.17, 15) is 14.4 Å². The predicted octanol–water partition coefficient (Wildman–Crippen LogP) is 1.13. The van der Waals surface area contributed by atoms with Gasteiger partial charge >= 0.3 is 0 Å². The van der Waals surface area contributed by atoms with Crippen LogP contribution in [0.2, 0.25) is 0 Å². The van der Waals surface area contributed by atoms with Crippen LogP contribution in [0.3, 0.4) is 0 Å². The van der Waals surface area contributed by atoms with E-state index in [4.69, 9.17) is 10.2 Å². The van der Waals surface area contributed by atoms with E-state index >= 15 is 0 Å². The number of hydrogen-bond acceptors (Lipinski definition) is 4. The third kappa shape index (κ3) is 3.02. The molecule has 0 saturated carbocycles. The van der Waals surface area contributed by atoms with Crippen LogP contribution in [-0.4, -0.2) is 16.4 Å². The van der Waals surface area contributed by atoms with E-state index in [1.54, 1.807) is 13.0 Å². The predicted molar refractivity (Wildman–Crippen MR) is 75.9 cm³/mol. The molecule has 2 rings (SSSR count). The first kappa shape index (κ1) is 14.6. The first-order valence-electron chi connectivity index (χ1n) is 6.38. The van der Waals surface area contributed by atoms with Crippen LogP contribution in [0.15, 0.2) is 46.1 Å². The fourth-order valence-corrected chi connectivity index (χ4v) is 1.97. The number of rotatable bonds is 5. The van der Waals surface area contributed by atoms with Gasteiger partial charge in [-0.25, -0.2) is 0 Å². The molecule has 1 unspecified atom stereocenters. The van der Waals surface area contributed by atoms with Crippen LogP contribution < -0.4 is 16.6 Å². The molecule has 0 fully saturated rings. The number of anilines is 1. The summed E-state index contributed by atoms with van der Waals surface area (Å²) < 4.78 is 6.02. The maximum Gasteiger partial charge on any atom is 0.275 e. The van der Waals surface area contributed by atoms with Crippen LogP contribution in [0.5, 0.6) is 0 Å². The monoisotopic (exact) mass is 289 g/mol. The van der Waals surface area contributed by atoms with Gasteiger partial charge in [0, 0.05) is 6.20 Å². The van der Waals surface area contributed by atoms with Crippen molar-refractivity contribution in [3.05, 3.63) is 52.8 Å². The average Bonchev–Trinajstić information content (AvgIpc) is 2.97. The Morgan fingerprint density at radius 2 is 2.19 bits per heavy atom. The Hall–Kier alpha value is -2.83. The molecule has 2 aromatic rings. The van der Waals surface area contributed by atoms with E-state index in [-0.39, 0.29) is 5.69 Å². The third-order valence-corrected chi connectivity index (χ3v) is 3.06. The highest BCUT2D eigenvalue weighted by Gasteiger charge is 2.18. The Labute approximate surface area is 120 Å². The first-order valence-corrected chi connectivity index (χ1v) is 6.38. The lowest BCUT2D eigenvalue weighted by molar-refractivity contribution is -0.121. The highest BCUT2D eigenvalue weighted by molar-refractivity contribution is 6.03. The number of amides is 2. The average molecular weight is 289 g/mol. The summed E-state index contributed by atoms with van der Waals surface area (Å²) in [4.78, 5) is 35.6. The topological polar surface area (TPSA) is 107 Å².